The van der Waals surface area contributed by atoms with Crippen molar-refractivity contribution in [3.63, 3.8) is 0 Å². The Labute approximate surface area is 152 Å². The lowest BCUT2D eigenvalue weighted by Crippen LogP contribution is -2.20. The van der Waals surface area contributed by atoms with E-state index in [4.69, 9.17) is 11.6 Å². The second-order valence-electron chi connectivity index (χ2n) is 5.15. The highest BCUT2D eigenvalue weighted by Crippen LogP contribution is 3.02. The number of benzene rings is 2. The normalized spacial score (nSPS) is 14.5. The van der Waals surface area contributed by atoms with E-state index in [2.05, 4.69) is 14.9 Å². The summed E-state index contributed by atoms with van der Waals surface area (Å²) in [6.07, 6.45) is 0. The lowest BCUT2D eigenvalue weighted by molar-refractivity contribution is 0.262. The molecule has 140 valence electrons. The fraction of sp³-hybridized carbons (Fsp3) is 0. The van der Waals surface area contributed by atoms with E-state index in [0.717, 1.165) is 11.5 Å². The number of fused-ring (bicyclic) bond motifs is 1. The topological polar surface area (TPSA) is 66.9 Å². The summed E-state index contributed by atoms with van der Waals surface area (Å²) in [5.41, 5.74) is 0.309. The molecule has 2 N–H and O–H groups in total. The number of nitrogens with zero attached hydrogens (tertiary/aromatic N) is 2. The molecule has 0 aliphatic heterocycles. The molecule has 0 saturated heterocycles. The standard InChI is InChI=1S/C13H8ClF5N4OS2/c14-9-3-2-8(26(15,16,17,18)19)6-11(9)21-13(24)20-7-1-4-10-12(5-7)25-23-22-10/h1-6H,(H2,20,21,24). The monoisotopic (exact) mass is 430 g/mol. The Balaban J connectivity index is 1.83. The van der Waals surface area contributed by atoms with E-state index >= 15 is 0 Å². The summed E-state index contributed by atoms with van der Waals surface area (Å²) in [6.45, 7) is 0. The minimum atomic E-state index is -9.89. The number of carbonyl (C=O) groups excluding carboxylic acids is 1. The van der Waals surface area contributed by atoms with Gasteiger partial charge in [-0.2, -0.15) is 0 Å². The second kappa shape index (κ2) is 5.41. The van der Waals surface area contributed by atoms with Crippen LogP contribution in [0.25, 0.3) is 10.2 Å². The summed E-state index contributed by atoms with van der Waals surface area (Å²) >= 11 is 6.77. The van der Waals surface area contributed by atoms with Gasteiger partial charge in [-0.05, 0) is 47.9 Å². The first-order valence-electron chi connectivity index (χ1n) is 6.66. The number of aromatic nitrogens is 2. The van der Waals surface area contributed by atoms with E-state index in [1.165, 1.54) is 6.07 Å². The van der Waals surface area contributed by atoms with Crippen LogP contribution in [0.1, 0.15) is 0 Å². The van der Waals surface area contributed by atoms with Crippen molar-refractivity contribution in [2.75, 3.05) is 10.6 Å². The molecule has 0 aliphatic carbocycles. The summed E-state index contributed by atoms with van der Waals surface area (Å²) in [7, 11) is -9.89. The molecule has 3 aromatic rings. The molecular weight excluding hydrogens is 423 g/mol. The van der Waals surface area contributed by atoms with E-state index in [-0.39, 0.29) is 17.2 Å². The van der Waals surface area contributed by atoms with Crippen LogP contribution >= 0.6 is 33.4 Å². The molecular formula is C13H8ClF5N4OS2. The van der Waals surface area contributed by atoms with E-state index in [0.29, 0.717) is 22.0 Å². The zero-order chi connectivity index (χ0) is 19.2. The SMILES string of the molecule is O=C(Nc1ccc2nnsc2c1)Nc1cc(S(F)(F)(F)(F)F)ccc1Cl. The number of hydrogen-bond acceptors (Lipinski definition) is 4. The minimum absolute atomic E-state index is 0.0970. The number of rotatable bonds is 3. The van der Waals surface area contributed by atoms with Crippen LogP contribution in [0.15, 0.2) is 41.3 Å². The third-order valence-electron chi connectivity index (χ3n) is 3.14. The molecule has 2 aromatic carbocycles. The van der Waals surface area contributed by atoms with Crippen LogP contribution in [0.2, 0.25) is 5.02 Å². The molecule has 0 fully saturated rings. The molecule has 0 atom stereocenters. The highest BCUT2D eigenvalue weighted by atomic mass is 35.5. The zero-order valence-corrected chi connectivity index (χ0v) is 14.7. The summed E-state index contributed by atoms with van der Waals surface area (Å²) in [5.74, 6) is 0. The van der Waals surface area contributed by atoms with Gasteiger partial charge in [-0.3, -0.25) is 0 Å². The highest BCUT2D eigenvalue weighted by molar-refractivity contribution is 8.45. The van der Waals surface area contributed by atoms with Gasteiger partial charge >= 0.3 is 16.3 Å². The van der Waals surface area contributed by atoms with Gasteiger partial charge in [0.2, 0.25) is 0 Å². The van der Waals surface area contributed by atoms with Gasteiger partial charge in [0.25, 0.3) is 0 Å². The Kier molecular flexibility index (Phi) is 3.87. The summed E-state index contributed by atoms with van der Waals surface area (Å²) in [4.78, 5) is 9.81. The van der Waals surface area contributed by atoms with Crippen molar-refractivity contribution in [2.45, 2.75) is 4.90 Å². The summed E-state index contributed by atoms with van der Waals surface area (Å²) < 4.78 is 68.8. The van der Waals surface area contributed by atoms with E-state index in [1.807, 2.05) is 5.32 Å². The molecule has 0 saturated carbocycles. The number of amides is 2. The predicted molar refractivity (Wildman–Crippen MR) is 92.9 cm³/mol. The van der Waals surface area contributed by atoms with Crippen LogP contribution in [0.4, 0.5) is 35.6 Å². The quantitative estimate of drug-likeness (QED) is 0.457. The van der Waals surface area contributed by atoms with Gasteiger partial charge < -0.3 is 10.6 Å². The third-order valence-corrected chi connectivity index (χ3v) is 5.30. The molecule has 2 amide bonds. The average Bonchev–Trinajstić information content (AvgIpc) is 2.94. The van der Waals surface area contributed by atoms with Crippen molar-refractivity contribution in [2.24, 2.45) is 0 Å². The van der Waals surface area contributed by atoms with Crippen molar-refractivity contribution >= 4 is 61.0 Å². The van der Waals surface area contributed by atoms with Crippen LogP contribution in [-0.4, -0.2) is 15.6 Å². The van der Waals surface area contributed by atoms with E-state index in [9.17, 15) is 24.2 Å². The van der Waals surface area contributed by atoms with Gasteiger partial charge in [0.15, 0.2) is 0 Å². The van der Waals surface area contributed by atoms with Crippen LogP contribution in [0, 0.1) is 0 Å². The van der Waals surface area contributed by atoms with Gasteiger partial charge in [0.1, 0.15) is 10.4 Å². The molecule has 3 rings (SSSR count). The Morgan fingerprint density at radius 3 is 2.46 bits per heavy atom. The highest BCUT2D eigenvalue weighted by Gasteiger charge is 2.65. The fourth-order valence-electron chi connectivity index (χ4n) is 1.98. The third kappa shape index (κ3) is 4.14. The summed E-state index contributed by atoms with van der Waals surface area (Å²) in [6, 6.07) is 4.57. The van der Waals surface area contributed by atoms with Crippen molar-refractivity contribution in [3.05, 3.63) is 41.4 Å². The molecule has 0 bridgehead atoms. The minimum Gasteiger partial charge on any atom is -0.308 e. The van der Waals surface area contributed by atoms with E-state index < -0.39 is 26.8 Å². The van der Waals surface area contributed by atoms with Gasteiger partial charge in [0.05, 0.1) is 15.4 Å². The largest absolute Gasteiger partial charge is 0.323 e. The molecule has 26 heavy (non-hydrogen) atoms. The van der Waals surface area contributed by atoms with E-state index in [1.54, 1.807) is 12.1 Å². The Morgan fingerprint density at radius 2 is 1.77 bits per heavy atom. The lowest BCUT2D eigenvalue weighted by atomic mass is 10.3. The van der Waals surface area contributed by atoms with Gasteiger partial charge in [-0.1, -0.05) is 35.5 Å². The van der Waals surface area contributed by atoms with Crippen LogP contribution in [-0.2, 0) is 0 Å². The van der Waals surface area contributed by atoms with Crippen LogP contribution in [0.5, 0.6) is 0 Å². The average molecular weight is 431 g/mol. The smallest absolute Gasteiger partial charge is 0.308 e. The molecule has 1 aromatic heterocycles. The summed E-state index contributed by atoms with van der Waals surface area (Å²) in [5, 5.41) is 7.87. The zero-order valence-electron chi connectivity index (χ0n) is 12.4. The Bertz CT molecular complexity index is 1030. The van der Waals surface area contributed by atoms with Gasteiger partial charge in [-0.15, -0.1) is 5.10 Å². The Morgan fingerprint density at radius 1 is 1.04 bits per heavy atom. The van der Waals surface area contributed by atoms with Crippen LogP contribution in [0.3, 0.4) is 0 Å². The first-order valence-corrected chi connectivity index (χ1v) is 9.76. The van der Waals surface area contributed by atoms with Crippen molar-refractivity contribution in [1.29, 1.82) is 0 Å². The molecule has 1 heterocycles. The molecule has 5 nitrogen and oxygen atoms in total. The molecule has 0 unspecified atom stereocenters. The number of hydrogen-bond donors (Lipinski definition) is 2. The second-order valence-corrected chi connectivity index (χ2v) is 8.75. The lowest BCUT2D eigenvalue weighted by Gasteiger charge is -2.40. The molecule has 0 radical (unpaired) electrons. The molecule has 13 heteroatoms. The fourth-order valence-corrected chi connectivity index (χ4v) is 3.41. The molecule has 0 aliphatic rings. The number of anilines is 2. The van der Waals surface area contributed by atoms with Crippen molar-refractivity contribution in [1.82, 2.24) is 9.59 Å². The maximum Gasteiger partial charge on any atom is 0.323 e. The van der Waals surface area contributed by atoms with Crippen LogP contribution < -0.4 is 10.6 Å². The molecule has 0 spiro atoms. The number of urea groups is 1. The predicted octanol–water partition coefficient (Wildman–Crippen LogP) is 6.65. The van der Waals surface area contributed by atoms with Crippen molar-refractivity contribution < 1.29 is 24.2 Å². The number of nitrogens with one attached hydrogen (secondary N) is 2. The number of carbonyl (C=O) groups is 1. The first kappa shape index (κ1) is 18.6. The first-order chi connectivity index (χ1) is 11.8. The van der Waals surface area contributed by atoms with Gasteiger partial charge in [0, 0.05) is 5.69 Å². The van der Waals surface area contributed by atoms with Crippen molar-refractivity contribution in [3.8, 4) is 0 Å². The van der Waals surface area contributed by atoms with Gasteiger partial charge in [-0.25, -0.2) is 4.79 Å². The maximum absolute atomic E-state index is 12.9. The Hall–Kier alpha value is -2.18. The maximum atomic E-state index is 12.9. The number of halogens is 6.